The topological polar surface area (TPSA) is 67.2 Å². The lowest BCUT2D eigenvalue weighted by Gasteiger charge is -2.17. The van der Waals surface area contributed by atoms with Crippen molar-refractivity contribution in [3.05, 3.63) is 17.5 Å². The Morgan fingerprint density at radius 3 is 2.55 bits per heavy atom. The van der Waals surface area contributed by atoms with E-state index in [1.807, 2.05) is 34.6 Å². The van der Waals surface area contributed by atoms with Crippen LogP contribution in [0, 0.1) is 5.92 Å². The van der Waals surface area contributed by atoms with Crippen molar-refractivity contribution in [2.45, 2.75) is 59.6 Å². The van der Waals surface area contributed by atoms with Gasteiger partial charge in [-0.3, -0.25) is 9.48 Å². The van der Waals surface area contributed by atoms with Crippen LogP contribution in [-0.2, 0) is 6.54 Å². The summed E-state index contributed by atoms with van der Waals surface area (Å²) in [6.07, 6.45) is 2.16. The molecule has 5 heteroatoms. The highest BCUT2D eigenvalue weighted by Gasteiger charge is 2.20. The average Bonchev–Trinajstić information content (AvgIpc) is 2.87. The zero-order valence-corrected chi connectivity index (χ0v) is 13.2. The fraction of sp³-hybridized carbons (Fsp3) is 0.733. The Kier molecular flexibility index (Phi) is 6.20. The van der Waals surface area contributed by atoms with Gasteiger partial charge in [0, 0.05) is 19.3 Å². The molecule has 114 valence electrons. The number of hydrogen-bond acceptors (Lipinski definition) is 3. The van der Waals surface area contributed by atoms with Crippen molar-refractivity contribution in [1.82, 2.24) is 15.1 Å². The molecule has 1 amide bonds. The van der Waals surface area contributed by atoms with E-state index in [2.05, 4.69) is 10.4 Å². The Bertz CT molecular complexity index is 440. The Morgan fingerprint density at radius 2 is 2.05 bits per heavy atom. The molecule has 0 spiro atoms. The second-order valence-electron chi connectivity index (χ2n) is 5.60. The smallest absolute Gasteiger partial charge is 0.254 e. The van der Waals surface area contributed by atoms with Crippen molar-refractivity contribution in [3.8, 4) is 0 Å². The highest BCUT2D eigenvalue weighted by molar-refractivity contribution is 5.95. The van der Waals surface area contributed by atoms with Gasteiger partial charge in [-0.15, -0.1) is 0 Å². The van der Waals surface area contributed by atoms with Gasteiger partial charge in [-0.05, 0) is 18.8 Å². The molecule has 20 heavy (non-hydrogen) atoms. The minimum absolute atomic E-state index is 0.157. The van der Waals surface area contributed by atoms with Crippen LogP contribution >= 0.6 is 0 Å². The summed E-state index contributed by atoms with van der Waals surface area (Å²) >= 11 is 0. The molecule has 0 aliphatic rings. The van der Waals surface area contributed by atoms with Gasteiger partial charge in [0.05, 0.1) is 17.4 Å². The third kappa shape index (κ3) is 4.07. The zero-order chi connectivity index (χ0) is 15.3. The van der Waals surface area contributed by atoms with Gasteiger partial charge in [0.25, 0.3) is 5.91 Å². The fourth-order valence-corrected chi connectivity index (χ4v) is 1.97. The van der Waals surface area contributed by atoms with Crippen LogP contribution < -0.4 is 5.32 Å². The number of aryl methyl sites for hydroxylation is 1. The number of aliphatic hydroxyl groups excluding tert-OH is 1. The number of hydrogen-bond donors (Lipinski definition) is 2. The Labute approximate surface area is 121 Å². The SMILES string of the molecule is CCC(C)C(O)CNC(=O)c1cn(CC)nc1C(C)C. The number of carbonyl (C=O) groups is 1. The lowest BCUT2D eigenvalue weighted by atomic mass is 10.0. The molecule has 2 unspecified atom stereocenters. The molecule has 1 heterocycles. The molecule has 0 aromatic carbocycles. The molecule has 2 N–H and O–H groups in total. The lowest BCUT2D eigenvalue weighted by Crippen LogP contribution is -2.35. The van der Waals surface area contributed by atoms with E-state index in [4.69, 9.17) is 0 Å². The minimum atomic E-state index is -0.507. The molecule has 0 bridgehead atoms. The molecule has 0 saturated carbocycles. The van der Waals surface area contributed by atoms with Gasteiger partial charge in [0.15, 0.2) is 0 Å². The van der Waals surface area contributed by atoms with Crippen LogP contribution in [0.15, 0.2) is 6.20 Å². The summed E-state index contributed by atoms with van der Waals surface area (Å²) in [6.45, 7) is 11.1. The van der Waals surface area contributed by atoms with Crippen molar-refractivity contribution < 1.29 is 9.90 Å². The molecule has 1 aromatic rings. The van der Waals surface area contributed by atoms with Crippen LogP contribution in [0.4, 0.5) is 0 Å². The number of amides is 1. The first-order valence-corrected chi connectivity index (χ1v) is 7.44. The van der Waals surface area contributed by atoms with Crippen molar-refractivity contribution in [2.75, 3.05) is 6.54 Å². The first-order chi connectivity index (χ1) is 9.40. The summed E-state index contributed by atoms with van der Waals surface area (Å²) in [5.74, 6) is 0.219. The second-order valence-corrected chi connectivity index (χ2v) is 5.60. The van der Waals surface area contributed by atoms with E-state index in [1.165, 1.54) is 0 Å². The van der Waals surface area contributed by atoms with Gasteiger partial charge in [0.2, 0.25) is 0 Å². The van der Waals surface area contributed by atoms with Crippen LogP contribution in [-0.4, -0.2) is 33.4 Å². The standard InChI is InChI=1S/C15H27N3O2/c1-6-11(5)13(19)8-16-15(20)12-9-18(7-2)17-14(12)10(3)4/h9-11,13,19H,6-8H2,1-5H3,(H,16,20). The number of aliphatic hydroxyl groups is 1. The molecule has 2 atom stereocenters. The molecule has 1 rings (SSSR count). The van der Waals surface area contributed by atoms with Crippen molar-refractivity contribution in [1.29, 1.82) is 0 Å². The van der Waals surface area contributed by atoms with Gasteiger partial charge >= 0.3 is 0 Å². The first-order valence-electron chi connectivity index (χ1n) is 7.44. The van der Waals surface area contributed by atoms with Crippen molar-refractivity contribution >= 4 is 5.91 Å². The van der Waals surface area contributed by atoms with Crippen molar-refractivity contribution in [3.63, 3.8) is 0 Å². The van der Waals surface area contributed by atoms with Crippen LogP contribution in [0.3, 0.4) is 0 Å². The van der Waals surface area contributed by atoms with E-state index < -0.39 is 6.10 Å². The molecular weight excluding hydrogens is 254 g/mol. The number of carbonyl (C=O) groups excluding carboxylic acids is 1. The van der Waals surface area contributed by atoms with Crippen LogP contribution in [0.25, 0.3) is 0 Å². The summed E-state index contributed by atoms with van der Waals surface area (Å²) in [6, 6.07) is 0. The highest BCUT2D eigenvalue weighted by Crippen LogP contribution is 2.17. The monoisotopic (exact) mass is 281 g/mol. The van der Waals surface area contributed by atoms with Gasteiger partial charge in [-0.2, -0.15) is 5.10 Å². The predicted molar refractivity (Wildman–Crippen MR) is 79.8 cm³/mol. The maximum absolute atomic E-state index is 12.2. The van der Waals surface area contributed by atoms with Gasteiger partial charge < -0.3 is 10.4 Å². The zero-order valence-electron chi connectivity index (χ0n) is 13.2. The fourth-order valence-electron chi connectivity index (χ4n) is 1.97. The predicted octanol–water partition coefficient (Wildman–Crippen LogP) is 2.16. The van der Waals surface area contributed by atoms with E-state index in [0.29, 0.717) is 5.56 Å². The lowest BCUT2D eigenvalue weighted by molar-refractivity contribution is 0.0849. The maximum atomic E-state index is 12.2. The third-order valence-electron chi connectivity index (χ3n) is 3.68. The number of aromatic nitrogens is 2. The Morgan fingerprint density at radius 1 is 1.40 bits per heavy atom. The normalized spacial score (nSPS) is 14.3. The van der Waals surface area contributed by atoms with Crippen LogP contribution in [0.5, 0.6) is 0 Å². The second kappa shape index (κ2) is 7.43. The first kappa shape index (κ1) is 16.7. The molecule has 0 fully saturated rings. The molecule has 1 aromatic heterocycles. The van der Waals surface area contributed by atoms with Crippen molar-refractivity contribution in [2.24, 2.45) is 5.92 Å². The Hall–Kier alpha value is -1.36. The largest absolute Gasteiger partial charge is 0.391 e. The molecular formula is C15H27N3O2. The average molecular weight is 281 g/mol. The summed E-state index contributed by atoms with van der Waals surface area (Å²) in [5.41, 5.74) is 1.42. The van der Waals surface area contributed by atoms with E-state index in [1.54, 1.807) is 10.9 Å². The van der Waals surface area contributed by atoms with E-state index in [0.717, 1.165) is 18.7 Å². The molecule has 5 nitrogen and oxygen atoms in total. The quantitative estimate of drug-likeness (QED) is 0.805. The molecule has 0 aliphatic carbocycles. The minimum Gasteiger partial charge on any atom is -0.391 e. The summed E-state index contributed by atoms with van der Waals surface area (Å²) in [4.78, 5) is 12.2. The maximum Gasteiger partial charge on any atom is 0.254 e. The van der Waals surface area contributed by atoms with E-state index >= 15 is 0 Å². The van der Waals surface area contributed by atoms with Crippen LogP contribution in [0.1, 0.15) is 63.0 Å². The van der Waals surface area contributed by atoms with Gasteiger partial charge in [0.1, 0.15) is 0 Å². The number of nitrogens with zero attached hydrogens (tertiary/aromatic N) is 2. The molecule has 0 saturated heterocycles. The molecule has 0 radical (unpaired) electrons. The molecule has 0 aliphatic heterocycles. The Balaban J connectivity index is 2.74. The number of rotatable bonds is 7. The highest BCUT2D eigenvalue weighted by atomic mass is 16.3. The summed E-state index contributed by atoms with van der Waals surface area (Å²) in [7, 11) is 0. The summed E-state index contributed by atoms with van der Waals surface area (Å²) in [5, 5.41) is 17.1. The van der Waals surface area contributed by atoms with E-state index in [-0.39, 0.29) is 24.3 Å². The summed E-state index contributed by atoms with van der Waals surface area (Å²) < 4.78 is 1.77. The van der Waals surface area contributed by atoms with Crippen LogP contribution in [0.2, 0.25) is 0 Å². The van der Waals surface area contributed by atoms with E-state index in [9.17, 15) is 9.90 Å². The third-order valence-corrected chi connectivity index (χ3v) is 3.68. The van der Waals surface area contributed by atoms with Gasteiger partial charge in [-0.25, -0.2) is 0 Å². The van der Waals surface area contributed by atoms with Gasteiger partial charge in [-0.1, -0.05) is 34.1 Å². The number of nitrogens with one attached hydrogen (secondary N) is 1.